The summed E-state index contributed by atoms with van der Waals surface area (Å²) in [5.41, 5.74) is 0.869. The molecular formula is C10H6FNO. The largest absolute Gasteiger partial charge is 0.392 e. The Morgan fingerprint density at radius 2 is 2.23 bits per heavy atom. The average Bonchev–Trinajstić information content (AvgIpc) is 2.15. The second-order valence-electron chi connectivity index (χ2n) is 2.32. The predicted molar refractivity (Wildman–Crippen MR) is 44.8 cm³/mol. The zero-order valence-corrected chi connectivity index (χ0v) is 6.71. The summed E-state index contributed by atoms with van der Waals surface area (Å²) in [5, 5.41) is 17.0. The SMILES string of the molecule is N#CC#Cc1cc(F)ccc1CO. The van der Waals surface area contributed by atoms with E-state index in [0.29, 0.717) is 11.1 Å². The Kier molecular flexibility index (Phi) is 3.03. The number of hydrogen-bond acceptors (Lipinski definition) is 2. The van der Waals surface area contributed by atoms with Crippen molar-refractivity contribution >= 4 is 0 Å². The van der Waals surface area contributed by atoms with Crippen LogP contribution in [-0.2, 0) is 6.61 Å². The molecule has 64 valence electrons. The third kappa shape index (κ3) is 2.30. The number of rotatable bonds is 1. The molecule has 3 heteroatoms. The van der Waals surface area contributed by atoms with E-state index in [2.05, 4.69) is 11.8 Å². The molecule has 1 N–H and O–H groups in total. The van der Waals surface area contributed by atoms with E-state index >= 15 is 0 Å². The first kappa shape index (κ1) is 9.25. The van der Waals surface area contributed by atoms with Crippen LogP contribution < -0.4 is 0 Å². The molecule has 13 heavy (non-hydrogen) atoms. The molecule has 0 radical (unpaired) electrons. The van der Waals surface area contributed by atoms with Crippen molar-refractivity contribution in [2.45, 2.75) is 6.61 Å². The molecule has 1 rings (SSSR count). The molecule has 0 fully saturated rings. The lowest BCUT2D eigenvalue weighted by Gasteiger charge is -1.99. The molecule has 0 aliphatic heterocycles. The van der Waals surface area contributed by atoms with Gasteiger partial charge >= 0.3 is 0 Å². The fourth-order valence-electron chi connectivity index (χ4n) is 0.898. The molecule has 0 spiro atoms. The molecule has 0 unspecified atom stereocenters. The molecule has 0 saturated carbocycles. The van der Waals surface area contributed by atoms with Crippen molar-refractivity contribution in [2.75, 3.05) is 0 Å². The molecule has 0 aliphatic carbocycles. The molecule has 0 amide bonds. The van der Waals surface area contributed by atoms with Gasteiger partial charge in [0.2, 0.25) is 0 Å². The fraction of sp³-hybridized carbons (Fsp3) is 0.100. The number of benzene rings is 1. The summed E-state index contributed by atoms with van der Waals surface area (Å²) in [6.07, 6.45) is 0. The Morgan fingerprint density at radius 1 is 1.46 bits per heavy atom. The summed E-state index contributed by atoms with van der Waals surface area (Å²) in [5.74, 6) is 4.16. The molecule has 0 heterocycles. The molecule has 0 atom stereocenters. The highest BCUT2D eigenvalue weighted by atomic mass is 19.1. The zero-order chi connectivity index (χ0) is 9.68. The number of nitrogens with zero attached hydrogens (tertiary/aromatic N) is 1. The van der Waals surface area contributed by atoms with Crippen LogP contribution in [0.2, 0.25) is 0 Å². The Balaban J connectivity index is 3.17. The van der Waals surface area contributed by atoms with Crippen molar-refractivity contribution in [1.82, 2.24) is 0 Å². The maximum Gasteiger partial charge on any atom is 0.152 e. The van der Waals surface area contributed by atoms with Gasteiger partial charge in [-0.25, -0.2) is 4.39 Å². The van der Waals surface area contributed by atoms with Crippen molar-refractivity contribution in [2.24, 2.45) is 0 Å². The molecule has 0 bridgehead atoms. The van der Waals surface area contributed by atoms with Gasteiger partial charge in [0.15, 0.2) is 6.07 Å². The van der Waals surface area contributed by atoms with E-state index in [4.69, 9.17) is 10.4 Å². The second-order valence-corrected chi connectivity index (χ2v) is 2.32. The Hall–Kier alpha value is -1.84. The molecule has 1 aromatic rings. The topological polar surface area (TPSA) is 44.0 Å². The molecular weight excluding hydrogens is 169 g/mol. The van der Waals surface area contributed by atoms with Crippen LogP contribution in [0.1, 0.15) is 11.1 Å². The summed E-state index contributed by atoms with van der Waals surface area (Å²) in [6.45, 7) is -0.213. The smallest absolute Gasteiger partial charge is 0.152 e. The van der Waals surface area contributed by atoms with Gasteiger partial charge in [-0.15, -0.1) is 0 Å². The maximum absolute atomic E-state index is 12.7. The number of hydrogen-bond donors (Lipinski definition) is 1. The van der Waals surface area contributed by atoms with Crippen molar-refractivity contribution in [3.8, 4) is 17.9 Å². The van der Waals surface area contributed by atoms with Crippen LogP contribution in [-0.4, -0.2) is 5.11 Å². The van der Waals surface area contributed by atoms with Gasteiger partial charge in [0.05, 0.1) is 6.61 Å². The van der Waals surface area contributed by atoms with Crippen LogP contribution in [0.25, 0.3) is 0 Å². The summed E-state index contributed by atoms with van der Waals surface area (Å²) in [4.78, 5) is 0. The lowest BCUT2D eigenvalue weighted by Crippen LogP contribution is -1.90. The molecule has 0 saturated heterocycles. The van der Waals surface area contributed by atoms with E-state index in [1.165, 1.54) is 18.2 Å². The minimum absolute atomic E-state index is 0.213. The third-order valence-corrected chi connectivity index (χ3v) is 1.50. The maximum atomic E-state index is 12.7. The number of aliphatic hydroxyl groups excluding tert-OH is 1. The first-order valence-corrected chi connectivity index (χ1v) is 3.57. The highest BCUT2D eigenvalue weighted by molar-refractivity contribution is 5.43. The van der Waals surface area contributed by atoms with Gasteiger partial charge in [-0.1, -0.05) is 12.0 Å². The third-order valence-electron chi connectivity index (χ3n) is 1.50. The van der Waals surface area contributed by atoms with E-state index in [1.54, 1.807) is 6.07 Å². The van der Waals surface area contributed by atoms with E-state index in [0.717, 1.165) is 0 Å². The second kappa shape index (κ2) is 4.25. The van der Waals surface area contributed by atoms with Gasteiger partial charge in [-0.05, 0) is 17.7 Å². The highest BCUT2D eigenvalue weighted by Gasteiger charge is 1.99. The van der Waals surface area contributed by atoms with Gasteiger partial charge in [-0.3, -0.25) is 0 Å². The summed E-state index contributed by atoms with van der Waals surface area (Å²) in [7, 11) is 0. The predicted octanol–water partition coefficient (Wildman–Crippen LogP) is 1.19. The number of nitriles is 1. The van der Waals surface area contributed by atoms with Crippen LogP contribution in [0.15, 0.2) is 18.2 Å². The van der Waals surface area contributed by atoms with Crippen LogP contribution in [0.5, 0.6) is 0 Å². The van der Waals surface area contributed by atoms with Crippen molar-refractivity contribution in [3.63, 3.8) is 0 Å². The highest BCUT2D eigenvalue weighted by Crippen LogP contribution is 2.09. The van der Waals surface area contributed by atoms with Gasteiger partial charge in [0, 0.05) is 11.5 Å². The van der Waals surface area contributed by atoms with Gasteiger partial charge in [0.25, 0.3) is 0 Å². The first-order valence-electron chi connectivity index (χ1n) is 3.57. The van der Waals surface area contributed by atoms with E-state index < -0.39 is 5.82 Å². The van der Waals surface area contributed by atoms with Crippen molar-refractivity contribution in [3.05, 3.63) is 35.1 Å². The van der Waals surface area contributed by atoms with Crippen molar-refractivity contribution in [1.29, 1.82) is 5.26 Å². The van der Waals surface area contributed by atoms with E-state index in [9.17, 15) is 4.39 Å². The Labute approximate surface area is 75.2 Å². The minimum Gasteiger partial charge on any atom is -0.392 e. The quantitative estimate of drug-likeness (QED) is 0.651. The van der Waals surface area contributed by atoms with Gasteiger partial charge < -0.3 is 5.11 Å². The average molecular weight is 175 g/mol. The lowest BCUT2D eigenvalue weighted by molar-refractivity contribution is 0.281. The molecule has 1 aromatic carbocycles. The minimum atomic E-state index is -0.431. The van der Waals surface area contributed by atoms with Gasteiger partial charge in [-0.2, -0.15) is 5.26 Å². The Morgan fingerprint density at radius 3 is 2.85 bits per heavy atom. The molecule has 0 aromatic heterocycles. The monoisotopic (exact) mass is 175 g/mol. The van der Waals surface area contributed by atoms with Crippen molar-refractivity contribution < 1.29 is 9.50 Å². The summed E-state index contributed by atoms with van der Waals surface area (Å²) in [6, 6.07) is 5.49. The fourth-order valence-corrected chi connectivity index (χ4v) is 0.898. The zero-order valence-electron chi connectivity index (χ0n) is 6.71. The van der Waals surface area contributed by atoms with Crippen LogP contribution in [0.4, 0.5) is 4.39 Å². The van der Waals surface area contributed by atoms with Gasteiger partial charge in [0.1, 0.15) is 5.82 Å². The van der Waals surface area contributed by atoms with Crippen LogP contribution in [0, 0.1) is 29.0 Å². The number of aliphatic hydroxyl groups is 1. The standard InChI is InChI=1S/C10H6FNO/c11-10-4-3-9(7-13)8(6-10)2-1-5-12/h3-4,6,13H,7H2. The van der Waals surface area contributed by atoms with E-state index in [-0.39, 0.29) is 6.61 Å². The Bertz CT molecular complexity index is 409. The summed E-state index contributed by atoms with van der Waals surface area (Å²) >= 11 is 0. The van der Waals surface area contributed by atoms with Crippen LogP contribution >= 0.6 is 0 Å². The normalized spacial score (nSPS) is 8.38. The lowest BCUT2D eigenvalue weighted by atomic mass is 10.1. The number of halogens is 1. The molecule has 0 aliphatic rings. The van der Waals surface area contributed by atoms with E-state index in [1.807, 2.05) is 0 Å². The first-order chi connectivity index (χ1) is 6.27. The summed E-state index contributed by atoms with van der Waals surface area (Å²) < 4.78 is 12.7. The molecule has 2 nitrogen and oxygen atoms in total. The van der Waals surface area contributed by atoms with Crippen LogP contribution in [0.3, 0.4) is 0 Å².